The summed E-state index contributed by atoms with van der Waals surface area (Å²) in [5, 5.41) is 9.99. The summed E-state index contributed by atoms with van der Waals surface area (Å²) in [5.41, 5.74) is 1.64. The van der Waals surface area contributed by atoms with Gasteiger partial charge in [-0.05, 0) is 18.6 Å². The van der Waals surface area contributed by atoms with Gasteiger partial charge in [0.15, 0.2) is 5.75 Å². The molecule has 0 saturated carbocycles. The number of aryl methyl sites for hydroxylation is 1. The van der Waals surface area contributed by atoms with E-state index < -0.39 is 0 Å². The Morgan fingerprint density at radius 1 is 1.38 bits per heavy atom. The first-order valence-electron chi connectivity index (χ1n) is 6.87. The van der Waals surface area contributed by atoms with Gasteiger partial charge in [0.25, 0.3) is 0 Å². The molecular weight excluding hydrogens is 266 g/mol. The van der Waals surface area contributed by atoms with Crippen LogP contribution in [0.2, 0.25) is 0 Å². The Bertz CT molecular complexity index is 795. The van der Waals surface area contributed by atoms with Crippen LogP contribution in [0.4, 0.5) is 0 Å². The molecule has 0 bridgehead atoms. The Hall–Kier alpha value is -2.74. The van der Waals surface area contributed by atoms with E-state index in [1.165, 1.54) is 0 Å². The first kappa shape index (κ1) is 13.3. The molecule has 0 fully saturated rings. The average Bonchev–Trinajstić information content (AvgIpc) is 3.09. The van der Waals surface area contributed by atoms with Crippen molar-refractivity contribution in [2.45, 2.75) is 26.5 Å². The van der Waals surface area contributed by atoms with Crippen molar-refractivity contribution in [3.05, 3.63) is 48.2 Å². The number of benzene rings is 1. The number of hydrogen-bond donors (Lipinski definition) is 0. The van der Waals surface area contributed by atoms with E-state index in [0.29, 0.717) is 17.9 Å². The maximum absolute atomic E-state index is 9.17. The maximum atomic E-state index is 9.17. The highest BCUT2D eigenvalue weighted by Crippen LogP contribution is 2.32. The number of fused-ring (bicyclic) bond motifs is 1. The summed E-state index contributed by atoms with van der Waals surface area (Å²) in [6.07, 6.45) is 4.60. The van der Waals surface area contributed by atoms with E-state index >= 15 is 0 Å². The van der Waals surface area contributed by atoms with Crippen molar-refractivity contribution in [2.24, 2.45) is 0 Å². The molecule has 3 rings (SSSR count). The van der Waals surface area contributed by atoms with Gasteiger partial charge in [-0.3, -0.25) is 0 Å². The number of furan rings is 1. The molecule has 0 aliphatic heterocycles. The standard InChI is InChI=1S/C16H15N3O2/c1-2-7-19-11-18-9-12(19)10-20-16-13-5-3-4-6-14(13)21-15(16)8-17/h3-6,9,11H,2,7,10H2,1H3. The highest BCUT2D eigenvalue weighted by Gasteiger charge is 2.15. The third-order valence-corrected chi connectivity index (χ3v) is 3.28. The van der Waals surface area contributed by atoms with E-state index in [0.717, 1.165) is 24.0 Å². The molecule has 0 unspecified atom stereocenters. The van der Waals surface area contributed by atoms with E-state index in [-0.39, 0.29) is 5.76 Å². The average molecular weight is 281 g/mol. The van der Waals surface area contributed by atoms with Gasteiger partial charge in [-0.15, -0.1) is 0 Å². The molecule has 5 nitrogen and oxygen atoms in total. The Kier molecular flexibility index (Phi) is 3.61. The second kappa shape index (κ2) is 5.71. The number of rotatable bonds is 5. The summed E-state index contributed by atoms with van der Waals surface area (Å²) < 4.78 is 13.4. The molecule has 0 spiro atoms. The van der Waals surface area contributed by atoms with E-state index in [4.69, 9.17) is 9.15 Å². The van der Waals surface area contributed by atoms with Crippen LogP contribution in [0.15, 0.2) is 41.2 Å². The van der Waals surface area contributed by atoms with Crippen LogP contribution in [0, 0.1) is 11.3 Å². The van der Waals surface area contributed by atoms with Crippen LogP contribution in [0.3, 0.4) is 0 Å². The van der Waals surface area contributed by atoms with Crippen molar-refractivity contribution in [3.63, 3.8) is 0 Å². The molecule has 1 aromatic carbocycles. The molecule has 0 aliphatic carbocycles. The van der Waals surface area contributed by atoms with Crippen LogP contribution in [-0.4, -0.2) is 9.55 Å². The molecule has 0 amide bonds. The molecule has 0 N–H and O–H groups in total. The summed E-state index contributed by atoms with van der Waals surface area (Å²) in [5.74, 6) is 0.704. The zero-order chi connectivity index (χ0) is 14.7. The Morgan fingerprint density at radius 3 is 3.05 bits per heavy atom. The highest BCUT2D eigenvalue weighted by atomic mass is 16.5. The lowest BCUT2D eigenvalue weighted by Crippen LogP contribution is -2.05. The van der Waals surface area contributed by atoms with E-state index in [2.05, 4.69) is 11.9 Å². The van der Waals surface area contributed by atoms with Crippen LogP contribution in [-0.2, 0) is 13.2 Å². The van der Waals surface area contributed by atoms with Gasteiger partial charge in [0.05, 0.1) is 23.6 Å². The second-order valence-electron chi connectivity index (χ2n) is 4.74. The van der Waals surface area contributed by atoms with Crippen LogP contribution < -0.4 is 4.74 Å². The predicted octanol–water partition coefficient (Wildman–Crippen LogP) is 3.49. The third kappa shape index (κ3) is 2.48. The SMILES string of the molecule is CCCn1cncc1COc1c(C#N)oc2ccccc12. The number of ether oxygens (including phenoxy) is 1. The molecule has 2 heterocycles. The summed E-state index contributed by atoms with van der Waals surface area (Å²) in [4.78, 5) is 4.14. The molecule has 106 valence electrons. The number of hydrogen-bond acceptors (Lipinski definition) is 4. The van der Waals surface area contributed by atoms with Gasteiger partial charge in [0.2, 0.25) is 5.76 Å². The zero-order valence-corrected chi connectivity index (χ0v) is 11.7. The van der Waals surface area contributed by atoms with Crippen molar-refractivity contribution in [1.82, 2.24) is 9.55 Å². The number of imidazole rings is 1. The molecule has 3 aromatic rings. The van der Waals surface area contributed by atoms with Gasteiger partial charge in [0, 0.05) is 6.54 Å². The molecule has 0 aliphatic rings. The van der Waals surface area contributed by atoms with Crippen molar-refractivity contribution < 1.29 is 9.15 Å². The molecule has 0 atom stereocenters. The Balaban J connectivity index is 1.88. The van der Waals surface area contributed by atoms with Crippen molar-refractivity contribution in [2.75, 3.05) is 0 Å². The molecule has 5 heteroatoms. The van der Waals surface area contributed by atoms with Gasteiger partial charge < -0.3 is 13.7 Å². The monoisotopic (exact) mass is 281 g/mol. The molecular formula is C16H15N3O2. The summed E-state index contributed by atoms with van der Waals surface area (Å²) in [7, 11) is 0. The van der Waals surface area contributed by atoms with E-state index in [9.17, 15) is 5.26 Å². The van der Waals surface area contributed by atoms with Gasteiger partial charge in [0.1, 0.15) is 18.3 Å². The van der Waals surface area contributed by atoms with Crippen molar-refractivity contribution in [3.8, 4) is 11.8 Å². The number of para-hydroxylation sites is 1. The van der Waals surface area contributed by atoms with Crippen LogP contribution in [0.25, 0.3) is 11.0 Å². The largest absolute Gasteiger partial charge is 0.482 e. The normalized spacial score (nSPS) is 10.7. The van der Waals surface area contributed by atoms with Gasteiger partial charge >= 0.3 is 0 Å². The van der Waals surface area contributed by atoms with Crippen LogP contribution in [0.5, 0.6) is 5.75 Å². The minimum atomic E-state index is 0.206. The fraction of sp³-hybridized carbons (Fsp3) is 0.250. The Labute approximate surface area is 122 Å². The van der Waals surface area contributed by atoms with E-state index in [1.54, 1.807) is 12.5 Å². The first-order valence-corrected chi connectivity index (χ1v) is 6.87. The number of nitrogens with zero attached hydrogens (tertiary/aromatic N) is 3. The van der Waals surface area contributed by atoms with Crippen LogP contribution >= 0.6 is 0 Å². The zero-order valence-electron chi connectivity index (χ0n) is 11.7. The first-order chi connectivity index (χ1) is 10.3. The van der Waals surface area contributed by atoms with Crippen molar-refractivity contribution >= 4 is 11.0 Å². The van der Waals surface area contributed by atoms with Gasteiger partial charge in [-0.2, -0.15) is 5.26 Å². The summed E-state index contributed by atoms with van der Waals surface area (Å²) >= 11 is 0. The predicted molar refractivity (Wildman–Crippen MR) is 77.8 cm³/mol. The lowest BCUT2D eigenvalue weighted by atomic mass is 10.2. The molecule has 0 saturated heterocycles. The fourth-order valence-electron chi connectivity index (χ4n) is 2.30. The second-order valence-corrected chi connectivity index (χ2v) is 4.74. The smallest absolute Gasteiger partial charge is 0.246 e. The molecule has 21 heavy (non-hydrogen) atoms. The molecule has 2 aromatic heterocycles. The van der Waals surface area contributed by atoms with Gasteiger partial charge in [-0.1, -0.05) is 19.1 Å². The number of aromatic nitrogens is 2. The summed E-state index contributed by atoms with van der Waals surface area (Å²) in [6.45, 7) is 3.37. The van der Waals surface area contributed by atoms with E-state index in [1.807, 2.05) is 34.9 Å². The fourth-order valence-corrected chi connectivity index (χ4v) is 2.30. The molecule has 0 radical (unpaired) electrons. The quantitative estimate of drug-likeness (QED) is 0.718. The minimum Gasteiger partial charge on any atom is -0.482 e. The lowest BCUT2D eigenvalue weighted by Gasteiger charge is -2.08. The third-order valence-electron chi connectivity index (χ3n) is 3.28. The van der Waals surface area contributed by atoms with Gasteiger partial charge in [-0.25, -0.2) is 4.98 Å². The lowest BCUT2D eigenvalue weighted by molar-refractivity contribution is 0.292. The number of nitriles is 1. The maximum Gasteiger partial charge on any atom is 0.246 e. The van der Waals surface area contributed by atoms with Crippen molar-refractivity contribution in [1.29, 1.82) is 5.26 Å². The summed E-state index contributed by atoms with van der Waals surface area (Å²) in [6, 6.07) is 9.52. The minimum absolute atomic E-state index is 0.206. The Morgan fingerprint density at radius 2 is 2.24 bits per heavy atom. The highest BCUT2D eigenvalue weighted by molar-refractivity contribution is 5.86. The topological polar surface area (TPSA) is 64.0 Å². The van der Waals surface area contributed by atoms with Crippen LogP contribution in [0.1, 0.15) is 24.8 Å².